The number of carboxylic acids is 1. The van der Waals surface area contributed by atoms with E-state index in [1.165, 1.54) is 173 Å². The minimum Gasteiger partial charge on any atom is -0.479 e. The standard InChI is InChI=1S/C67H118O12/c1-4-7-10-13-16-19-22-25-27-29-30-32-33-36-38-41-44-47-50-53-59(68)75-56-58(77-60(69)54-51-48-45-42-39-35-24-21-18-15-12-9-6-3)57-76-67-65(63(72)62(71)64(79-67)66(73)74)78-61(70)55-52-49-46-43-40-37-34-31-28-26-23-20-17-14-11-8-5-2/h9,12,18,21,35,39,45,48,58,62-65,67,71-72H,4-8,10-11,13-17,19-20,22-34,36-38,40-44,46-47,49-57H2,1-3H3,(H,73,74)/b12-9-,21-18-,39-35-,48-45-. The van der Waals surface area contributed by atoms with Gasteiger partial charge in [-0.3, -0.25) is 14.4 Å². The van der Waals surface area contributed by atoms with E-state index < -0.39 is 67.3 Å². The lowest BCUT2D eigenvalue weighted by atomic mass is 9.98. The van der Waals surface area contributed by atoms with Gasteiger partial charge in [0.05, 0.1) is 6.61 Å². The summed E-state index contributed by atoms with van der Waals surface area (Å²) in [6.45, 7) is 5.87. The minimum atomic E-state index is -1.91. The first-order valence-electron chi connectivity index (χ1n) is 32.6. The number of carbonyl (C=O) groups is 4. The van der Waals surface area contributed by atoms with E-state index in [-0.39, 0.29) is 25.9 Å². The van der Waals surface area contributed by atoms with Crippen molar-refractivity contribution < 1.29 is 58.2 Å². The van der Waals surface area contributed by atoms with Crippen LogP contribution in [0.3, 0.4) is 0 Å². The summed E-state index contributed by atoms with van der Waals surface area (Å²) in [5, 5.41) is 31.6. The molecule has 12 heteroatoms. The second-order valence-corrected chi connectivity index (χ2v) is 22.4. The lowest BCUT2D eigenvalue weighted by molar-refractivity contribution is -0.301. The van der Waals surface area contributed by atoms with Crippen LogP contribution in [-0.2, 0) is 42.9 Å². The highest BCUT2D eigenvalue weighted by Gasteiger charge is 2.50. The van der Waals surface area contributed by atoms with Crippen molar-refractivity contribution >= 4 is 23.9 Å². The van der Waals surface area contributed by atoms with Crippen LogP contribution >= 0.6 is 0 Å². The van der Waals surface area contributed by atoms with E-state index in [0.29, 0.717) is 19.3 Å². The normalized spacial score (nSPS) is 18.1. The Labute approximate surface area is 482 Å². The smallest absolute Gasteiger partial charge is 0.335 e. The van der Waals surface area contributed by atoms with Crippen molar-refractivity contribution in [1.29, 1.82) is 0 Å². The van der Waals surface area contributed by atoms with Gasteiger partial charge in [-0.05, 0) is 44.9 Å². The second kappa shape index (κ2) is 55.2. The number of carboxylic acid groups (broad SMARTS) is 1. The van der Waals surface area contributed by atoms with Gasteiger partial charge in [0, 0.05) is 19.3 Å². The van der Waals surface area contributed by atoms with Crippen LogP contribution in [0.4, 0.5) is 0 Å². The van der Waals surface area contributed by atoms with Gasteiger partial charge >= 0.3 is 23.9 Å². The molecule has 0 aromatic rings. The summed E-state index contributed by atoms with van der Waals surface area (Å²) >= 11 is 0. The van der Waals surface area contributed by atoms with E-state index in [1.807, 2.05) is 12.2 Å². The number of aliphatic carboxylic acids is 1. The van der Waals surface area contributed by atoms with Gasteiger partial charge in [0.1, 0.15) is 18.8 Å². The molecule has 0 spiro atoms. The largest absolute Gasteiger partial charge is 0.479 e. The molecule has 0 saturated carbocycles. The molecule has 1 aliphatic rings. The summed E-state index contributed by atoms with van der Waals surface area (Å²) in [7, 11) is 0. The Morgan fingerprint density at radius 2 is 0.797 bits per heavy atom. The zero-order chi connectivity index (χ0) is 57.5. The van der Waals surface area contributed by atoms with Crippen LogP contribution < -0.4 is 0 Å². The molecule has 1 rings (SSSR count). The number of aliphatic hydroxyl groups is 2. The quantitative estimate of drug-likeness (QED) is 0.0228. The maximum absolute atomic E-state index is 13.1. The molecule has 79 heavy (non-hydrogen) atoms. The molecule has 1 saturated heterocycles. The Hall–Kier alpha value is -3.32. The summed E-state index contributed by atoms with van der Waals surface area (Å²) < 4.78 is 28.4. The highest BCUT2D eigenvalue weighted by atomic mass is 16.7. The molecule has 0 aromatic carbocycles. The second-order valence-electron chi connectivity index (χ2n) is 22.4. The Bertz CT molecular complexity index is 1560. The van der Waals surface area contributed by atoms with Gasteiger partial charge in [0.2, 0.25) is 0 Å². The van der Waals surface area contributed by atoms with E-state index in [9.17, 15) is 34.5 Å². The monoisotopic (exact) mass is 1110 g/mol. The van der Waals surface area contributed by atoms with Gasteiger partial charge in [-0.15, -0.1) is 0 Å². The summed E-state index contributed by atoms with van der Waals surface area (Å²) in [6.07, 6.45) is 55.3. The number of aliphatic hydroxyl groups excluding tert-OH is 2. The highest BCUT2D eigenvalue weighted by Crippen LogP contribution is 2.27. The van der Waals surface area contributed by atoms with Crippen molar-refractivity contribution in [3.05, 3.63) is 48.6 Å². The Morgan fingerprint density at radius 3 is 1.19 bits per heavy atom. The number of esters is 3. The summed E-state index contributed by atoms with van der Waals surface area (Å²) in [5.41, 5.74) is 0. The molecule has 1 fully saturated rings. The van der Waals surface area contributed by atoms with E-state index in [4.69, 9.17) is 23.7 Å². The Kier molecular flexibility index (Phi) is 51.5. The third-order valence-corrected chi connectivity index (χ3v) is 14.9. The number of unbranched alkanes of at least 4 members (excludes halogenated alkanes) is 34. The highest BCUT2D eigenvalue weighted by molar-refractivity contribution is 5.74. The van der Waals surface area contributed by atoms with Crippen molar-refractivity contribution in [2.45, 2.75) is 340 Å². The van der Waals surface area contributed by atoms with Gasteiger partial charge < -0.3 is 39.0 Å². The maximum atomic E-state index is 13.1. The fourth-order valence-electron chi connectivity index (χ4n) is 9.97. The minimum absolute atomic E-state index is 0.0452. The van der Waals surface area contributed by atoms with Crippen LogP contribution in [0.25, 0.3) is 0 Å². The van der Waals surface area contributed by atoms with Gasteiger partial charge in [-0.25, -0.2) is 4.79 Å². The third-order valence-electron chi connectivity index (χ3n) is 14.9. The Balaban J connectivity index is 2.64. The zero-order valence-electron chi connectivity index (χ0n) is 50.6. The molecule has 1 heterocycles. The molecule has 0 radical (unpaired) electrons. The summed E-state index contributed by atoms with van der Waals surface area (Å²) in [6, 6.07) is 0. The van der Waals surface area contributed by atoms with Crippen LogP contribution in [0.15, 0.2) is 48.6 Å². The van der Waals surface area contributed by atoms with Gasteiger partial charge in [0.15, 0.2) is 24.6 Å². The number of hydrogen-bond acceptors (Lipinski definition) is 11. The fourth-order valence-corrected chi connectivity index (χ4v) is 9.97. The van der Waals surface area contributed by atoms with Crippen LogP contribution in [-0.4, -0.2) is 89.2 Å². The molecule has 3 N–H and O–H groups in total. The third kappa shape index (κ3) is 45.0. The first-order valence-corrected chi connectivity index (χ1v) is 32.6. The van der Waals surface area contributed by atoms with E-state index in [2.05, 4.69) is 57.2 Å². The van der Waals surface area contributed by atoms with Crippen LogP contribution in [0, 0.1) is 0 Å². The average Bonchev–Trinajstić information content (AvgIpc) is 3.44. The topological polar surface area (TPSA) is 175 Å². The van der Waals surface area contributed by atoms with Gasteiger partial charge in [-0.2, -0.15) is 0 Å². The van der Waals surface area contributed by atoms with Crippen molar-refractivity contribution in [1.82, 2.24) is 0 Å². The van der Waals surface area contributed by atoms with Gasteiger partial charge in [0.25, 0.3) is 0 Å². The van der Waals surface area contributed by atoms with Crippen molar-refractivity contribution in [2.24, 2.45) is 0 Å². The Morgan fingerprint density at radius 1 is 0.430 bits per heavy atom. The van der Waals surface area contributed by atoms with Crippen LogP contribution in [0.5, 0.6) is 0 Å². The molecule has 6 atom stereocenters. The number of rotatable bonds is 56. The number of carbonyl (C=O) groups excluding carboxylic acids is 3. The predicted molar refractivity (Wildman–Crippen MR) is 322 cm³/mol. The first kappa shape index (κ1) is 73.7. The predicted octanol–water partition coefficient (Wildman–Crippen LogP) is 17.3. The number of allylic oxidation sites excluding steroid dienone is 8. The van der Waals surface area contributed by atoms with E-state index >= 15 is 0 Å². The van der Waals surface area contributed by atoms with Crippen molar-refractivity contribution in [2.75, 3.05) is 13.2 Å². The number of hydrogen-bond donors (Lipinski definition) is 3. The van der Waals surface area contributed by atoms with Crippen molar-refractivity contribution in [3.8, 4) is 0 Å². The fraction of sp³-hybridized carbons (Fsp3) is 0.821. The molecule has 0 aromatic heterocycles. The number of ether oxygens (including phenoxy) is 5. The lowest BCUT2D eigenvalue weighted by Crippen LogP contribution is -2.61. The maximum Gasteiger partial charge on any atom is 0.335 e. The SMILES string of the molecule is CC/C=C\C/C=C\C/C=C\C/C=C\CCC(=O)OC(COC(=O)CCCCCCCCCCCCCCCCCCCCC)COC1OC(C(=O)O)C(O)C(O)C1OC(=O)CCCCCCCCCCCCCCCCCCC. The molecular formula is C67H118O12. The van der Waals surface area contributed by atoms with E-state index in [1.54, 1.807) is 0 Å². The van der Waals surface area contributed by atoms with Crippen molar-refractivity contribution in [3.63, 3.8) is 0 Å². The summed E-state index contributed by atoms with van der Waals surface area (Å²) in [4.78, 5) is 51.2. The molecule has 6 unspecified atom stereocenters. The molecule has 12 nitrogen and oxygen atoms in total. The molecule has 458 valence electrons. The van der Waals surface area contributed by atoms with Gasteiger partial charge in [-0.1, -0.05) is 288 Å². The summed E-state index contributed by atoms with van der Waals surface area (Å²) in [5.74, 6) is -3.20. The van der Waals surface area contributed by atoms with Crippen LogP contribution in [0.2, 0.25) is 0 Å². The van der Waals surface area contributed by atoms with Crippen LogP contribution in [0.1, 0.15) is 303 Å². The lowest BCUT2D eigenvalue weighted by Gasteiger charge is -2.40. The molecular weight excluding hydrogens is 997 g/mol. The van der Waals surface area contributed by atoms with E-state index in [0.717, 1.165) is 70.6 Å². The average molecular weight is 1120 g/mol. The molecule has 0 aliphatic carbocycles. The first-order chi connectivity index (χ1) is 38.6. The zero-order valence-corrected chi connectivity index (χ0v) is 50.6. The molecule has 0 amide bonds. The molecule has 0 bridgehead atoms. The molecule has 1 aliphatic heterocycles.